The third kappa shape index (κ3) is 2.39. The summed E-state index contributed by atoms with van der Waals surface area (Å²) in [6.07, 6.45) is 2.24. The number of aromatic nitrogens is 3. The molecule has 0 radical (unpaired) electrons. The lowest BCUT2D eigenvalue weighted by Crippen LogP contribution is -2.49. The van der Waals surface area contributed by atoms with Crippen molar-refractivity contribution in [1.82, 2.24) is 24.8 Å². The molecule has 2 aromatic heterocycles. The van der Waals surface area contributed by atoms with Gasteiger partial charge in [-0.1, -0.05) is 0 Å². The van der Waals surface area contributed by atoms with E-state index in [0.29, 0.717) is 38.3 Å². The molecule has 0 unspecified atom stereocenters. The molecule has 26 heavy (non-hydrogen) atoms. The number of nitrogens with one attached hydrogen (secondary N) is 1. The van der Waals surface area contributed by atoms with E-state index in [1.54, 1.807) is 22.7 Å². The Balaban J connectivity index is 1.67. The highest BCUT2D eigenvalue weighted by atomic mass is 16.5. The van der Waals surface area contributed by atoms with Crippen molar-refractivity contribution in [1.29, 1.82) is 0 Å². The van der Waals surface area contributed by atoms with E-state index in [1.165, 1.54) is 0 Å². The Kier molecular flexibility index (Phi) is 3.95. The number of amides is 2. The molecule has 0 aliphatic carbocycles. The maximum Gasteiger partial charge on any atom is 0.257 e. The van der Waals surface area contributed by atoms with Gasteiger partial charge in [0, 0.05) is 44.9 Å². The molecule has 2 fully saturated rings. The summed E-state index contributed by atoms with van der Waals surface area (Å²) >= 11 is 0. The number of likely N-dealkylation sites (tertiary alicyclic amines) is 1. The van der Waals surface area contributed by atoms with Gasteiger partial charge >= 0.3 is 0 Å². The van der Waals surface area contributed by atoms with Gasteiger partial charge in [0.2, 0.25) is 5.91 Å². The van der Waals surface area contributed by atoms with E-state index in [1.807, 2.05) is 19.9 Å². The molecule has 2 aliphatic heterocycles. The highest BCUT2D eigenvalue weighted by Crippen LogP contribution is 2.42. The number of ether oxygens (including phenoxy) is 1. The number of hydrogen-bond donors (Lipinski definition) is 1. The van der Waals surface area contributed by atoms with Gasteiger partial charge in [-0.05, 0) is 20.3 Å². The molecular formula is C18H23N5O3. The van der Waals surface area contributed by atoms with Crippen molar-refractivity contribution in [3.63, 3.8) is 0 Å². The third-order valence-electron chi connectivity index (χ3n) is 5.75. The molecule has 0 spiro atoms. The van der Waals surface area contributed by atoms with E-state index in [2.05, 4.69) is 15.4 Å². The van der Waals surface area contributed by atoms with Crippen molar-refractivity contribution in [2.75, 3.05) is 33.4 Å². The first-order chi connectivity index (χ1) is 12.5. The zero-order valence-corrected chi connectivity index (χ0v) is 15.3. The monoisotopic (exact) mass is 357 g/mol. The predicted molar refractivity (Wildman–Crippen MR) is 93.8 cm³/mol. The summed E-state index contributed by atoms with van der Waals surface area (Å²) in [5.41, 5.74) is 2.30. The van der Waals surface area contributed by atoms with Crippen LogP contribution >= 0.6 is 0 Å². The van der Waals surface area contributed by atoms with Crippen LogP contribution in [0.5, 0.6) is 0 Å². The fourth-order valence-corrected chi connectivity index (χ4v) is 4.27. The highest BCUT2D eigenvalue weighted by molar-refractivity contribution is 5.96. The number of carbonyl (C=O) groups excluding carboxylic acids is 2. The summed E-state index contributed by atoms with van der Waals surface area (Å²) in [4.78, 5) is 31.9. The maximum absolute atomic E-state index is 13.2. The van der Waals surface area contributed by atoms with Crippen LogP contribution in [0, 0.1) is 25.2 Å². The topological polar surface area (TPSA) is 88.8 Å². The minimum absolute atomic E-state index is 0.00546. The third-order valence-corrected chi connectivity index (χ3v) is 5.75. The Morgan fingerprint density at radius 2 is 2.19 bits per heavy atom. The molecule has 8 nitrogen and oxygen atoms in total. The Bertz CT molecular complexity index is 892. The molecule has 2 aliphatic rings. The van der Waals surface area contributed by atoms with Crippen LogP contribution in [0.1, 0.15) is 28.2 Å². The largest absolute Gasteiger partial charge is 0.381 e. The van der Waals surface area contributed by atoms with Crippen molar-refractivity contribution >= 4 is 17.5 Å². The van der Waals surface area contributed by atoms with Gasteiger partial charge in [-0.3, -0.25) is 9.59 Å². The van der Waals surface area contributed by atoms with Crippen molar-refractivity contribution < 1.29 is 14.3 Å². The molecule has 2 amide bonds. The lowest BCUT2D eigenvalue weighted by atomic mass is 9.73. The van der Waals surface area contributed by atoms with E-state index in [0.717, 1.165) is 17.0 Å². The summed E-state index contributed by atoms with van der Waals surface area (Å²) < 4.78 is 7.27. The normalized spacial score (nSPS) is 25.3. The molecule has 138 valence electrons. The first-order valence-corrected chi connectivity index (χ1v) is 8.87. The van der Waals surface area contributed by atoms with Crippen LogP contribution in [0.15, 0.2) is 12.3 Å². The van der Waals surface area contributed by atoms with Gasteiger partial charge in [-0.15, -0.1) is 0 Å². The molecule has 0 aromatic carbocycles. The van der Waals surface area contributed by atoms with Gasteiger partial charge in [-0.2, -0.15) is 5.10 Å². The summed E-state index contributed by atoms with van der Waals surface area (Å²) in [7, 11) is 1.65. The highest BCUT2D eigenvalue weighted by Gasteiger charge is 2.54. The second-order valence-electron chi connectivity index (χ2n) is 7.26. The Morgan fingerprint density at radius 1 is 1.38 bits per heavy atom. The van der Waals surface area contributed by atoms with Crippen LogP contribution in [0.4, 0.5) is 0 Å². The van der Waals surface area contributed by atoms with E-state index >= 15 is 0 Å². The Morgan fingerprint density at radius 3 is 2.96 bits per heavy atom. The van der Waals surface area contributed by atoms with Crippen LogP contribution in [0.3, 0.4) is 0 Å². The van der Waals surface area contributed by atoms with Gasteiger partial charge in [0.25, 0.3) is 5.91 Å². The molecule has 8 heteroatoms. The van der Waals surface area contributed by atoms with Gasteiger partial charge in [0.05, 0.1) is 29.0 Å². The summed E-state index contributed by atoms with van der Waals surface area (Å²) in [5.74, 6) is -0.0964. The first kappa shape index (κ1) is 17.0. The fourth-order valence-electron chi connectivity index (χ4n) is 4.27. The van der Waals surface area contributed by atoms with E-state index in [-0.39, 0.29) is 17.7 Å². The van der Waals surface area contributed by atoms with Crippen molar-refractivity contribution in [3.05, 3.63) is 29.2 Å². The molecule has 4 rings (SSSR count). The number of hydrogen-bond acceptors (Lipinski definition) is 5. The SMILES string of the molecule is CNC(=O)[C@]12CCOC[C@H]1CN(C(=O)c1cnc3cc(C)nn3c1C)C2. The van der Waals surface area contributed by atoms with Gasteiger partial charge in [-0.25, -0.2) is 9.50 Å². The molecule has 1 N–H and O–H groups in total. The van der Waals surface area contributed by atoms with Gasteiger partial charge in [0.1, 0.15) is 0 Å². The number of carbonyl (C=O) groups is 2. The molecule has 0 saturated carbocycles. The van der Waals surface area contributed by atoms with Crippen LogP contribution in [0.2, 0.25) is 0 Å². The maximum atomic E-state index is 13.2. The van der Waals surface area contributed by atoms with Gasteiger partial charge < -0.3 is 15.0 Å². The molecule has 4 heterocycles. The van der Waals surface area contributed by atoms with Crippen LogP contribution in [-0.2, 0) is 9.53 Å². The molecule has 2 saturated heterocycles. The van der Waals surface area contributed by atoms with Crippen LogP contribution in [-0.4, -0.2) is 64.7 Å². The van der Waals surface area contributed by atoms with E-state index < -0.39 is 5.41 Å². The number of nitrogens with zero attached hydrogens (tertiary/aromatic N) is 4. The quantitative estimate of drug-likeness (QED) is 0.849. The summed E-state index contributed by atoms with van der Waals surface area (Å²) in [6, 6.07) is 1.88. The predicted octanol–water partition coefficient (Wildman–Crippen LogP) is 0.571. The standard InChI is InChI=1S/C18H23N5O3/c1-11-6-15-20-7-14(12(2)23(15)21-11)16(24)22-8-13-9-26-5-4-18(13,10-22)17(25)19-3/h6-7,13H,4-5,8-10H2,1-3H3,(H,19,25)/t13-,18+/m1/s1. The zero-order valence-electron chi connectivity index (χ0n) is 15.3. The number of aryl methyl sites for hydroxylation is 2. The van der Waals surface area contributed by atoms with E-state index in [9.17, 15) is 9.59 Å². The molecule has 0 bridgehead atoms. The molecular weight excluding hydrogens is 334 g/mol. The Hall–Kier alpha value is -2.48. The average Bonchev–Trinajstić information content (AvgIpc) is 3.22. The van der Waals surface area contributed by atoms with E-state index in [4.69, 9.17) is 4.74 Å². The van der Waals surface area contributed by atoms with Crippen molar-refractivity contribution in [2.45, 2.75) is 20.3 Å². The van der Waals surface area contributed by atoms with Crippen LogP contribution in [0.25, 0.3) is 5.65 Å². The lowest BCUT2D eigenvalue weighted by Gasteiger charge is -2.36. The zero-order chi connectivity index (χ0) is 18.5. The Labute approximate surface area is 151 Å². The fraction of sp³-hybridized carbons (Fsp3) is 0.556. The average molecular weight is 357 g/mol. The first-order valence-electron chi connectivity index (χ1n) is 8.87. The van der Waals surface area contributed by atoms with Crippen molar-refractivity contribution in [3.8, 4) is 0 Å². The second kappa shape index (κ2) is 6.05. The second-order valence-corrected chi connectivity index (χ2v) is 7.26. The lowest BCUT2D eigenvalue weighted by molar-refractivity contribution is -0.138. The van der Waals surface area contributed by atoms with Gasteiger partial charge in [0.15, 0.2) is 5.65 Å². The smallest absolute Gasteiger partial charge is 0.257 e. The minimum Gasteiger partial charge on any atom is -0.381 e. The summed E-state index contributed by atoms with van der Waals surface area (Å²) in [5, 5.41) is 7.18. The number of rotatable bonds is 2. The summed E-state index contributed by atoms with van der Waals surface area (Å²) in [6.45, 7) is 5.75. The van der Waals surface area contributed by atoms with Crippen LogP contribution < -0.4 is 5.32 Å². The molecule has 2 aromatic rings. The van der Waals surface area contributed by atoms with Crippen molar-refractivity contribution in [2.24, 2.45) is 11.3 Å². The minimum atomic E-state index is -0.559. The number of fused-ring (bicyclic) bond motifs is 2. The molecule has 2 atom stereocenters.